The lowest BCUT2D eigenvalue weighted by Crippen LogP contribution is -2.17. The molecule has 0 radical (unpaired) electrons. The van der Waals surface area contributed by atoms with E-state index in [9.17, 15) is 0 Å². The average Bonchev–Trinajstić information content (AvgIpc) is 2.54. The highest BCUT2D eigenvalue weighted by Gasteiger charge is 2.04. The molecule has 1 atom stereocenters. The van der Waals surface area contributed by atoms with Gasteiger partial charge < -0.3 is 4.74 Å². The van der Waals surface area contributed by atoms with E-state index in [4.69, 9.17) is 16.3 Å². The van der Waals surface area contributed by atoms with E-state index in [1.165, 1.54) is 23.6 Å². The molecule has 0 saturated heterocycles. The molecule has 2 rings (SSSR count). The quantitative estimate of drug-likeness (QED) is 0.490. The Morgan fingerprint density at radius 3 is 2.45 bits per heavy atom. The van der Waals surface area contributed by atoms with E-state index in [-0.39, 0.29) is 9.52 Å². The van der Waals surface area contributed by atoms with Crippen molar-refractivity contribution in [2.24, 2.45) is 0 Å². The van der Waals surface area contributed by atoms with Gasteiger partial charge in [-0.05, 0) is 29.7 Å². The van der Waals surface area contributed by atoms with E-state index in [0.717, 1.165) is 30.2 Å². The van der Waals surface area contributed by atoms with Gasteiger partial charge in [0.25, 0.3) is 0 Å². The van der Waals surface area contributed by atoms with E-state index in [1.54, 1.807) is 0 Å². The van der Waals surface area contributed by atoms with Crippen LogP contribution in [0.4, 0.5) is 0 Å². The van der Waals surface area contributed by atoms with Crippen molar-refractivity contribution in [3.63, 3.8) is 0 Å². The second-order valence-corrected chi connectivity index (χ2v) is 9.02. The summed E-state index contributed by atoms with van der Waals surface area (Å²) in [7, 11) is -0.184. The summed E-state index contributed by atoms with van der Waals surface area (Å²) in [4.78, 5) is 0. The van der Waals surface area contributed by atoms with Crippen molar-refractivity contribution >= 4 is 26.3 Å². The van der Waals surface area contributed by atoms with Gasteiger partial charge in [0.05, 0.1) is 16.1 Å². The predicted octanol–water partition coefficient (Wildman–Crippen LogP) is 4.33. The highest BCUT2D eigenvalue weighted by atomic mass is 35.5. The van der Waals surface area contributed by atoms with Crippen LogP contribution in [-0.4, -0.2) is 16.1 Å². The van der Waals surface area contributed by atoms with Gasteiger partial charge in [0, 0.05) is 11.6 Å². The number of hydrogen-bond donors (Lipinski definition) is 0. The minimum Gasteiger partial charge on any atom is -0.377 e. The molecule has 0 heterocycles. The van der Waals surface area contributed by atoms with Crippen molar-refractivity contribution in [2.45, 2.75) is 38.3 Å². The topological polar surface area (TPSA) is 9.23 Å². The van der Waals surface area contributed by atoms with Gasteiger partial charge in [-0.25, -0.2) is 0 Å². The number of halogens is 1. The first-order valence-electron chi connectivity index (χ1n) is 8.10. The Balaban J connectivity index is 1.53. The molecule has 118 valence electrons. The monoisotopic (exact) mass is 332 g/mol. The molecule has 0 aromatic heterocycles. The zero-order chi connectivity index (χ0) is 15.6. The minimum atomic E-state index is -0.184. The standard InChI is InChI=1S/C19H25ClOSi/c1-16(22-19-12-10-18(20)11-13-19)7-5-6-14-21-15-17-8-3-2-4-9-17/h2-4,8-13,16H,5-7,14-15,22H2,1H3/t16-/m0/s1. The van der Waals surface area contributed by atoms with Crippen molar-refractivity contribution in [3.05, 3.63) is 65.2 Å². The largest absolute Gasteiger partial charge is 0.377 e. The Kier molecular flexibility index (Phi) is 7.71. The Morgan fingerprint density at radius 1 is 1.00 bits per heavy atom. The number of unbranched alkanes of at least 4 members (excludes halogenated alkanes) is 1. The van der Waals surface area contributed by atoms with Gasteiger partial charge in [-0.1, -0.05) is 79.0 Å². The zero-order valence-electron chi connectivity index (χ0n) is 13.3. The van der Waals surface area contributed by atoms with Crippen LogP contribution in [0.2, 0.25) is 10.6 Å². The Hall–Kier alpha value is -1.09. The second kappa shape index (κ2) is 9.83. The summed E-state index contributed by atoms with van der Waals surface area (Å²) in [6, 6.07) is 18.8. The SMILES string of the molecule is C[C@@H](CCCCOCc1ccccc1)[SiH2]c1ccc(Cl)cc1. The molecule has 0 fully saturated rings. The molecular weight excluding hydrogens is 308 g/mol. The third-order valence-electron chi connectivity index (χ3n) is 3.84. The molecule has 0 amide bonds. The summed E-state index contributed by atoms with van der Waals surface area (Å²) in [5.74, 6) is 0. The molecule has 0 aliphatic rings. The Bertz CT molecular complexity index is 527. The normalized spacial score (nSPS) is 12.8. The van der Waals surface area contributed by atoms with Crippen molar-refractivity contribution in [3.8, 4) is 0 Å². The molecule has 0 aliphatic heterocycles. The molecule has 0 unspecified atom stereocenters. The van der Waals surface area contributed by atoms with Crippen LogP contribution in [-0.2, 0) is 11.3 Å². The first-order chi connectivity index (χ1) is 10.7. The maximum Gasteiger partial charge on any atom is 0.0716 e. The van der Waals surface area contributed by atoms with E-state index in [1.807, 2.05) is 18.2 Å². The highest BCUT2D eigenvalue weighted by Crippen LogP contribution is 2.13. The van der Waals surface area contributed by atoms with E-state index < -0.39 is 0 Å². The van der Waals surface area contributed by atoms with Crippen molar-refractivity contribution in [1.29, 1.82) is 0 Å². The third-order valence-corrected chi connectivity index (χ3v) is 6.14. The molecule has 1 nitrogen and oxygen atoms in total. The van der Waals surface area contributed by atoms with Crippen LogP contribution in [0.5, 0.6) is 0 Å². The number of ether oxygens (including phenoxy) is 1. The van der Waals surface area contributed by atoms with Crippen LogP contribution in [0.1, 0.15) is 31.7 Å². The lowest BCUT2D eigenvalue weighted by atomic mass is 10.2. The van der Waals surface area contributed by atoms with Gasteiger partial charge in [-0.15, -0.1) is 0 Å². The van der Waals surface area contributed by atoms with Crippen LogP contribution in [0.25, 0.3) is 0 Å². The number of rotatable bonds is 9. The number of hydrogen-bond acceptors (Lipinski definition) is 1. The summed E-state index contributed by atoms with van der Waals surface area (Å²) in [5.41, 5.74) is 2.10. The van der Waals surface area contributed by atoms with Crippen LogP contribution >= 0.6 is 11.6 Å². The molecule has 2 aromatic carbocycles. The van der Waals surface area contributed by atoms with Gasteiger partial charge in [-0.2, -0.15) is 0 Å². The van der Waals surface area contributed by atoms with Crippen LogP contribution in [0, 0.1) is 0 Å². The molecule has 0 bridgehead atoms. The van der Waals surface area contributed by atoms with E-state index >= 15 is 0 Å². The molecule has 2 aromatic rings. The summed E-state index contributed by atoms with van der Waals surface area (Å²) in [6.45, 7) is 3.98. The molecule has 3 heteroatoms. The summed E-state index contributed by atoms with van der Waals surface area (Å²) in [5, 5.41) is 2.35. The first-order valence-corrected chi connectivity index (χ1v) is 10.0. The fraction of sp³-hybridized carbons (Fsp3) is 0.368. The molecule has 0 N–H and O–H groups in total. The van der Waals surface area contributed by atoms with Gasteiger partial charge in [0.1, 0.15) is 0 Å². The smallest absolute Gasteiger partial charge is 0.0716 e. The molecule has 0 saturated carbocycles. The van der Waals surface area contributed by atoms with Gasteiger partial charge in [0.15, 0.2) is 0 Å². The average molecular weight is 333 g/mol. The van der Waals surface area contributed by atoms with Crippen molar-refractivity contribution in [1.82, 2.24) is 0 Å². The van der Waals surface area contributed by atoms with E-state index in [0.29, 0.717) is 0 Å². The zero-order valence-corrected chi connectivity index (χ0v) is 15.5. The Labute approximate surface area is 141 Å². The van der Waals surface area contributed by atoms with E-state index in [2.05, 4.69) is 43.3 Å². The first kappa shape index (κ1) is 17.3. The van der Waals surface area contributed by atoms with Crippen molar-refractivity contribution in [2.75, 3.05) is 6.61 Å². The Morgan fingerprint density at radius 2 is 1.73 bits per heavy atom. The van der Waals surface area contributed by atoms with Gasteiger partial charge in [0.2, 0.25) is 0 Å². The van der Waals surface area contributed by atoms with Crippen molar-refractivity contribution < 1.29 is 4.74 Å². The third kappa shape index (κ3) is 6.78. The van der Waals surface area contributed by atoms with Crippen LogP contribution < -0.4 is 5.19 Å². The van der Waals surface area contributed by atoms with Crippen LogP contribution in [0.3, 0.4) is 0 Å². The lowest BCUT2D eigenvalue weighted by Gasteiger charge is -2.11. The molecule has 22 heavy (non-hydrogen) atoms. The minimum absolute atomic E-state index is 0.184. The maximum absolute atomic E-state index is 5.93. The fourth-order valence-corrected chi connectivity index (χ4v) is 4.52. The van der Waals surface area contributed by atoms with Gasteiger partial charge in [-0.3, -0.25) is 0 Å². The summed E-state index contributed by atoms with van der Waals surface area (Å²) in [6.07, 6.45) is 3.73. The second-order valence-electron chi connectivity index (χ2n) is 5.97. The molecular formula is C19H25ClOSi. The van der Waals surface area contributed by atoms with Gasteiger partial charge >= 0.3 is 0 Å². The highest BCUT2D eigenvalue weighted by molar-refractivity contribution is 6.55. The molecule has 0 spiro atoms. The lowest BCUT2D eigenvalue weighted by molar-refractivity contribution is 0.117. The number of benzene rings is 2. The summed E-state index contributed by atoms with van der Waals surface area (Å²) < 4.78 is 5.73. The maximum atomic E-state index is 5.93. The fourth-order valence-electron chi connectivity index (χ4n) is 2.59. The molecule has 0 aliphatic carbocycles. The summed E-state index contributed by atoms with van der Waals surface area (Å²) >= 11 is 5.93. The van der Waals surface area contributed by atoms with Crippen LogP contribution in [0.15, 0.2) is 54.6 Å². The predicted molar refractivity (Wildman–Crippen MR) is 99.0 cm³/mol.